The van der Waals surface area contributed by atoms with E-state index in [1.807, 2.05) is 6.29 Å². The summed E-state index contributed by atoms with van der Waals surface area (Å²) in [6.07, 6.45) is 6.53. The Bertz CT molecular complexity index is 222. The lowest BCUT2D eigenvalue weighted by atomic mass is 9.85. The largest absolute Gasteiger partial charge is 0.290 e. The summed E-state index contributed by atoms with van der Waals surface area (Å²) in [4.78, 5) is 10.5. The minimum absolute atomic E-state index is 0.123. The van der Waals surface area contributed by atoms with Gasteiger partial charge in [-0.1, -0.05) is 28.1 Å². The summed E-state index contributed by atoms with van der Waals surface area (Å²) in [5.41, 5.74) is -0.779. The molecule has 0 heterocycles. The zero-order valence-corrected chi connectivity index (χ0v) is 7.40. The van der Waals surface area contributed by atoms with Crippen molar-refractivity contribution < 1.29 is 9.18 Å². The summed E-state index contributed by atoms with van der Waals surface area (Å²) in [7, 11) is 0. The van der Waals surface area contributed by atoms with Gasteiger partial charge in [-0.15, -0.1) is 0 Å². The van der Waals surface area contributed by atoms with Gasteiger partial charge >= 0.3 is 0 Å². The predicted octanol–water partition coefficient (Wildman–Crippen LogP) is 2.29. The molecule has 0 aromatic rings. The number of carbonyl (C=O) groups excluding carboxylic acids is 1. The lowest BCUT2D eigenvalue weighted by Gasteiger charge is -2.21. The minimum atomic E-state index is -0.779. The monoisotopic (exact) mass is 217 g/mol. The van der Waals surface area contributed by atoms with Gasteiger partial charge < -0.3 is 0 Å². The molecule has 59 valence electrons. The van der Waals surface area contributed by atoms with Crippen LogP contribution in [0, 0.1) is 5.41 Å². The van der Waals surface area contributed by atoms with Gasteiger partial charge in [-0.3, -0.25) is 4.79 Å². The maximum Gasteiger partial charge on any atom is 0.210 e. The van der Waals surface area contributed by atoms with Crippen molar-refractivity contribution in [2.75, 3.05) is 5.33 Å². The van der Waals surface area contributed by atoms with Gasteiger partial charge in [0.15, 0.2) is 0 Å². The maximum atomic E-state index is 12.7. The maximum absolute atomic E-state index is 12.7. The van der Waals surface area contributed by atoms with Crippen LogP contribution in [-0.4, -0.2) is 11.6 Å². The molecule has 0 spiro atoms. The Morgan fingerprint density at radius 3 is 2.91 bits per heavy atom. The van der Waals surface area contributed by atoms with Crippen LogP contribution in [0.1, 0.15) is 6.42 Å². The Balaban J connectivity index is 2.83. The molecule has 1 radical (unpaired) electrons. The molecule has 0 amide bonds. The van der Waals surface area contributed by atoms with Crippen LogP contribution < -0.4 is 0 Å². The fourth-order valence-electron chi connectivity index (χ4n) is 0.945. The third-order valence-corrected chi connectivity index (χ3v) is 2.62. The van der Waals surface area contributed by atoms with Crippen LogP contribution in [0.2, 0.25) is 0 Å². The van der Waals surface area contributed by atoms with Gasteiger partial charge in [0.2, 0.25) is 6.29 Å². The zero-order chi connectivity index (χ0) is 8.32. The van der Waals surface area contributed by atoms with Crippen LogP contribution in [-0.2, 0) is 4.79 Å². The van der Waals surface area contributed by atoms with E-state index in [0.29, 0.717) is 5.33 Å². The molecule has 0 aromatic heterocycles. The summed E-state index contributed by atoms with van der Waals surface area (Å²) in [5, 5.41) is 0.418. The molecule has 0 saturated heterocycles. The van der Waals surface area contributed by atoms with E-state index in [1.54, 1.807) is 12.2 Å². The molecule has 0 bridgehead atoms. The number of halogens is 2. The van der Waals surface area contributed by atoms with E-state index < -0.39 is 5.41 Å². The molecule has 11 heavy (non-hydrogen) atoms. The Morgan fingerprint density at radius 2 is 2.55 bits per heavy atom. The molecule has 0 saturated carbocycles. The van der Waals surface area contributed by atoms with E-state index in [0.717, 1.165) is 0 Å². The zero-order valence-electron chi connectivity index (χ0n) is 5.81. The molecule has 0 fully saturated rings. The minimum Gasteiger partial charge on any atom is -0.290 e. The molecule has 1 nitrogen and oxygen atoms in total. The average molecular weight is 218 g/mol. The highest BCUT2D eigenvalue weighted by Crippen LogP contribution is 2.31. The standard InChI is InChI=1S/C8H7BrFO/c9-5-8(6-11)3-1-2-7(10)4-8/h1-3H,4-5H2. The second kappa shape index (κ2) is 3.30. The lowest BCUT2D eigenvalue weighted by molar-refractivity contribution is 0.448. The number of hydrogen-bond acceptors (Lipinski definition) is 1. The normalized spacial score (nSPS) is 29.8. The summed E-state index contributed by atoms with van der Waals surface area (Å²) in [6.45, 7) is 0. The topological polar surface area (TPSA) is 17.1 Å². The second-order valence-electron chi connectivity index (χ2n) is 2.54. The van der Waals surface area contributed by atoms with Crippen molar-refractivity contribution in [3.8, 4) is 0 Å². The van der Waals surface area contributed by atoms with Crippen LogP contribution in [0.4, 0.5) is 4.39 Å². The smallest absolute Gasteiger partial charge is 0.210 e. The van der Waals surface area contributed by atoms with Crippen molar-refractivity contribution in [2.45, 2.75) is 6.42 Å². The van der Waals surface area contributed by atoms with E-state index in [4.69, 9.17) is 0 Å². The van der Waals surface area contributed by atoms with E-state index in [9.17, 15) is 9.18 Å². The Hall–Kier alpha value is -0.440. The SMILES string of the molecule is O=[C]C1(CBr)C=CC=C(F)C1. The lowest BCUT2D eigenvalue weighted by Crippen LogP contribution is -2.23. The summed E-state index contributed by atoms with van der Waals surface area (Å²) >= 11 is 3.15. The van der Waals surface area contributed by atoms with E-state index >= 15 is 0 Å². The van der Waals surface area contributed by atoms with Gasteiger partial charge in [0, 0.05) is 11.8 Å². The number of alkyl halides is 1. The van der Waals surface area contributed by atoms with Crippen molar-refractivity contribution in [3.05, 3.63) is 24.1 Å². The van der Waals surface area contributed by atoms with Gasteiger partial charge in [0.05, 0.1) is 5.41 Å². The van der Waals surface area contributed by atoms with Crippen LogP contribution in [0.5, 0.6) is 0 Å². The molecular formula is C8H7BrFO. The molecule has 0 aromatic carbocycles. The Kier molecular flexibility index (Phi) is 2.60. The number of allylic oxidation sites excluding steroid dienone is 4. The van der Waals surface area contributed by atoms with Gasteiger partial charge in [-0.05, 0) is 6.08 Å². The summed E-state index contributed by atoms with van der Waals surface area (Å²) in [5.74, 6) is -0.268. The first-order valence-corrected chi connectivity index (χ1v) is 4.34. The molecule has 0 N–H and O–H groups in total. The molecule has 1 aliphatic carbocycles. The van der Waals surface area contributed by atoms with Crippen molar-refractivity contribution >= 4 is 22.2 Å². The van der Waals surface area contributed by atoms with Crippen molar-refractivity contribution in [2.24, 2.45) is 5.41 Å². The molecule has 1 unspecified atom stereocenters. The van der Waals surface area contributed by atoms with Crippen molar-refractivity contribution in [1.82, 2.24) is 0 Å². The van der Waals surface area contributed by atoms with Gasteiger partial charge in [-0.25, -0.2) is 4.39 Å². The molecule has 1 aliphatic rings. The van der Waals surface area contributed by atoms with Gasteiger partial charge in [0.1, 0.15) is 5.83 Å². The first kappa shape index (κ1) is 8.65. The molecule has 3 heteroatoms. The van der Waals surface area contributed by atoms with Crippen LogP contribution >= 0.6 is 15.9 Å². The summed E-state index contributed by atoms with van der Waals surface area (Å²) < 4.78 is 12.7. The molecule has 1 atom stereocenters. The number of rotatable bonds is 2. The van der Waals surface area contributed by atoms with Crippen molar-refractivity contribution in [3.63, 3.8) is 0 Å². The average Bonchev–Trinajstić information content (AvgIpc) is 2.04. The second-order valence-corrected chi connectivity index (χ2v) is 3.10. The Morgan fingerprint density at radius 1 is 1.82 bits per heavy atom. The van der Waals surface area contributed by atoms with E-state index in [2.05, 4.69) is 15.9 Å². The van der Waals surface area contributed by atoms with Crippen LogP contribution in [0.25, 0.3) is 0 Å². The fourth-order valence-corrected chi connectivity index (χ4v) is 1.44. The first-order valence-electron chi connectivity index (χ1n) is 3.22. The molecule has 0 aliphatic heterocycles. The molecule has 1 rings (SSSR count). The highest BCUT2D eigenvalue weighted by molar-refractivity contribution is 9.09. The fraction of sp³-hybridized carbons (Fsp3) is 0.375. The van der Waals surface area contributed by atoms with Crippen molar-refractivity contribution in [1.29, 1.82) is 0 Å². The highest BCUT2D eigenvalue weighted by atomic mass is 79.9. The third-order valence-electron chi connectivity index (χ3n) is 1.62. The van der Waals surface area contributed by atoms with E-state index in [-0.39, 0.29) is 12.2 Å². The third kappa shape index (κ3) is 1.77. The first-order chi connectivity index (χ1) is 5.22. The quantitative estimate of drug-likeness (QED) is 0.650. The Labute approximate surface area is 73.1 Å². The predicted molar refractivity (Wildman–Crippen MR) is 44.9 cm³/mol. The van der Waals surface area contributed by atoms with Crippen LogP contribution in [0.15, 0.2) is 24.1 Å². The molecular weight excluding hydrogens is 211 g/mol. The summed E-state index contributed by atoms with van der Waals surface area (Å²) in [6, 6.07) is 0. The highest BCUT2D eigenvalue weighted by Gasteiger charge is 2.29. The van der Waals surface area contributed by atoms with Gasteiger partial charge in [0.25, 0.3) is 0 Å². The van der Waals surface area contributed by atoms with E-state index in [1.165, 1.54) is 6.08 Å². The van der Waals surface area contributed by atoms with Gasteiger partial charge in [-0.2, -0.15) is 0 Å². The van der Waals surface area contributed by atoms with Crippen LogP contribution in [0.3, 0.4) is 0 Å². The number of hydrogen-bond donors (Lipinski definition) is 0.